The number of carbonyl (C=O) groups excluding carboxylic acids is 1. The van der Waals surface area contributed by atoms with Crippen LogP contribution < -0.4 is 4.90 Å². The second kappa shape index (κ2) is 7.99. The van der Waals surface area contributed by atoms with Gasteiger partial charge >= 0.3 is 6.09 Å². The number of halogens is 1. The molecule has 0 spiro atoms. The molecule has 8 nitrogen and oxygen atoms in total. The van der Waals surface area contributed by atoms with Gasteiger partial charge in [-0.3, -0.25) is 0 Å². The van der Waals surface area contributed by atoms with Crippen molar-refractivity contribution in [3.8, 4) is 0 Å². The number of piperazine rings is 1. The lowest BCUT2D eigenvalue weighted by Crippen LogP contribution is -2.50. The molecule has 0 radical (unpaired) electrons. The van der Waals surface area contributed by atoms with Gasteiger partial charge in [0, 0.05) is 46.5 Å². The molecule has 0 aromatic carbocycles. The molecule has 1 aromatic rings. The van der Waals surface area contributed by atoms with Crippen molar-refractivity contribution >= 4 is 40.1 Å². The molecule has 0 bridgehead atoms. The van der Waals surface area contributed by atoms with E-state index in [-0.39, 0.29) is 6.09 Å². The number of hydrogen-bond donors (Lipinski definition) is 0. The fraction of sp³-hybridized carbons (Fsp3) is 0.625. The van der Waals surface area contributed by atoms with E-state index in [1.165, 1.54) is 0 Å². The first kappa shape index (κ1) is 19.4. The van der Waals surface area contributed by atoms with Gasteiger partial charge in [0.05, 0.1) is 10.8 Å². The lowest BCUT2D eigenvalue weighted by Gasteiger charge is -2.35. The van der Waals surface area contributed by atoms with E-state index in [9.17, 15) is 4.79 Å². The highest BCUT2D eigenvalue weighted by Gasteiger charge is 2.26. The minimum Gasteiger partial charge on any atom is -0.444 e. The number of carbonyl (C=O) groups is 1. The lowest BCUT2D eigenvalue weighted by atomic mass is 10.2. The zero-order valence-corrected chi connectivity index (χ0v) is 16.9. The maximum atomic E-state index is 12.1. The third-order valence-corrected chi connectivity index (χ3v) is 3.90. The Labute approximate surface area is 157 Å². The van der Waals surface area contributed by atoms with Crippen LogP contribution in [-0.2, 0) is 4.74 Å². The third-order valence-electron chi connectivity index (χ3n) is 3.34. The van der Waals surface area contributed by atoms with Crippen molar-refractivity contribution in [1.29, 1.82) is 0 Å². The van der Waals surface area contributed by atoms with Crippen LogP contribution in [0.5, 0.6) is 0 Å². The van der Waals surface area contributed by atoms with Crippen LogP contribution in [0.2, 0.25) is 0 Å². The van der Waals surface area contributed by atoms with Crippen molar-refractivity contribution in [3.63, 3.8) is 0 Å². The molecule has 2 heterocycles. The highest BCUT2D eigenvalue weighted by Crippen LogP contribution is 2.24. The fourth-order valence-corrected chi connectivity index (χ4v) is 2.47. The quantitative estimate of drug-likeness (QED) is 0.560. The van der Waals surface area contributed by atoms with Crippen LogP contribution in [0.3, 0.4) is 0 Å². The largest absolute Gasteiger partial charge is 0.444 e. The summed E-state index contributed by atoms with van der Waals surface area (Å²) in [6, 6.07) is 0. The molecule has 138 valence electrons. The smallest absolute Gasteiger partial charge is 0.410 e. The average Bonchev–Trinajstić information content (AvgIpc) is 2.52. The lowest BCUT2D eigenvalue weighted by molar-refractivity contribution is 0.0240. The van der Waals surface area contributed by atoms with Gasteiger partial charge in [-0.2, -0.15) is 4.98 Å². The maximum Gasteiger partial charge on any atom is 0.410 e. The van der Waals surface area contributed by atoms with E-state index < -0.39 is 5.60 Å². The molecule has 0 N–H and O–H groups in total. The number of aromatic nitrogens is 2. The number of nitrogens with zero attached hydrogens (tertiary/aromatic N) is 6. The highest BCUT2D eigenvalue weighted by molar-refractivity contribution is 9.10. The van der Waals surface area contributed by atoms with Gasteiger partial charge in [0.2, 0.25) is 5.95 Å². The Balaban J connectivity index is 2.01. The van der Waals surface area contributed by atoms with E-state index in [2.05, 4.69) is 30.9 Å². The number of anilines is 1. The van der Waals surface area contributed by atoms with Crippen LogP contribution in [0.15, 0.2) is 15.7 Å². The Morgan fingerprint density at radius 1 is 1.32 bits per heavy atom. The summed E-state index contributed by atoms with van der Waals surface area (Å²) in [5.41, 5.74) is -0.484. The molecule has 0 aliphatic carbocycles. The summed E-state index contributed by atoms with van der Waals surface area (Å²) >= 11 is 3.42. The number of rotatable bonds is 3. The van der Waals surface area contributed by atoms with E-state index in [0.717, 1.165) is 4.47 Å². The van der Waals surface area contributed by atoms with Crippen LogP contribution >= 0.6 is 15.9 Å². The monoisotopic (exact) mass is 412 g/mol. The van der Waals surface area contributed by atoms with E-state index in [0.29, 0.717) is 37.9 Å². The molecule has 1 amide bonds. The van der Waals surface area contributed by atoms with Crippen LogP contribution in [0.4, 0.5) is 16.6 Å². The number of ether oxygens (including phenoxy) is 1. The predicted octanol–water partition coefficient (Wildman–Crippen LogP) is 2.52. The minimum atomic E-state index is -0.484. The van der Waals surface area contributed by atoms with Crippen molar-refractivity contribution in [2.45, 2.75) is 26.4 Å². The first-order valence-electron chi connectivity index (χ1n) is 8.12. The van der Waals surface area contributed by atoms with Crippen molar-refractivity contribution in [2.24, 2.45) is 4.99 Å². The molecule has 1 saturated heterocycles. The molecular weight excluding hydrogens is 388 g/mol. The Kier molecular flexibility index (Phi) is 6.21. The third kappa shape index (κ3) is 5.84. The van der Waals surface area contributed by atoms with E-state index in [1.54, 1.807) is 17.4 Å². The first-order chi connectivity index (χ1) is 11.7. The Morgan fingerprint density at radius 2 is 1.96 bits per heavy atom. The summed E-state index contributed by atoms with van der Waals surface area (Å²) in [5, 5.41) is 0. The van der Waals surface area contributed by atoms with E-state index in [1.807, 2.05) is 44.7 Å². The normalized spacial score (nSPS) is 15.6. The summed E-state index contributed by atoms with van der Waals surface area (Å²) in [6.07, 6.45) is 3.11. The Bertz CT molecular complexity index is 636. The van der Waals surface area contributed by atoms with Crippen molar-refractivity contribution in [1.82, 2.24) is 19.8 Å². The summed E-state index contributed by atoms with van der Waals surface area (Å²) < 4.78 is 6.15. The van der Waals surface area contributed by atoms with Gasteiger partial charge < -0.3 is 19.4 Å². The fourth-order valence-electron chi connectivity index (χ4n) is 2.18. The molecule has 0 atom stereocenters. The minimum absolute atomic E-state index is 0.278. The summed E-state index contributed by atoms with van der Waals surface area (Å²) in [5.74, 6) is 1.19. The molecule has 9 heteroatoms. The van der Waals surface area contributed by atoms with Gasteiger partial charge in [0.25, 0.3) is 0 Å². The number of hydrogen-bond acceptors (Lipinski definition) is 6. The molecule has 1 aliphatic heterocycles. The number of amides is 1. The summed E-state index contributed by atoms with van der Waals surface area (Å²) in [6.45, 7) is 8.05. The summed E-state index contributed by atoms with van der Waals surface area (Å²) in [4.78, 5) is 30.9. The van der Waals surface area contributed by atoms with E-state index >= 15 is 0 Å². The predicted molar refractivity (Wildman–Crippen MR) is 102 cm³/mol. The zero-order valence-electron chi connectivity index (χ0n) is 15.4. The van der Waals surface area contributed by atoms with Crippen molar-refractivity contribution in [3.05, 3.63) is 10.7 Å². The van der Waals surface area contributed by atoms with Crippen LogP contribution in [0.25, 0.3) is 0 Å². The molecule has 1 fully saturated rings. The average molecular weight is 413 g/mol. The Morgan fingerprint density at radius 3 is 2.52 bits per heavy atom. The van der Waals surface area contributed by atoms with E-state index in [4.69, 9.17) is 4.74 Å². The second-order valence-corrected chi connectivity index (χ2v) is 7.86. The molecule has 2 rings (SSSR count). The Hall–Kier alpha value is -1.90. The SMILES string of the molecule is CN(C)/C=N/c1nc(N2CCN(C(=O)OC(C)(C)C)CC2)ncc1Br. The topological polar surface area (TPSA) is 74.2 Å². The zero-order chi connectivity index (χ0) is 18.6. The second-order valence-electron chi connectivity index (χ2n) is 7.00. The van der Waals surface area contributed by atoms with Crippen LogP contribution in [0.1, 0.15) is 20.8 Å². The maximum absolute atomic E-state index is 12.1. The molecule has 0 unspecified atom stereocenters. The van der Waals surface area contributed by atoms with Crippen molar-refractivity contribution < 1.29 is 9.53 Å². The molecule has 1 aliphatic rings. The van der Waals surface area contributed by atoms with Gasteiger partial charge in [-0.15, -0.1) is 0 Å². The van der Waals surface area contributed by atoms with Gasteiger partial charge in [-0.05, 0) is 36.7 Å². The molecule has 0 saturated carbocycles. The van der Waals surface area contributed by atoms with Gasteiger partial charge in [-0.1, -0.05) is 0 Å². The first-order valence-corrected chi connectivity index (χ1v) is 8.91. The van der Waals surface area contributed by atoms with Gasteiger partial charge in [0.1, 0.15) is 5.60 Å². The van der Waals surface area contributed by atoms with Gasteiger partial charge in [0.15, 0.2) is 5.82 Å². The standard InChI is InChI=1S/C16H25BrN6O2/c1-16(2,3)25-15(24)23-8-6-22(7-9-23)14-18-10-12(17)13(20-14)19-11-21(4)5/h10-11H,6-9H2,1-5H3/b19-11+. The van der Waals surface area contributed by atoms with Crippen molar-refractivity contribution in [2.75, 3.05) is 45.2 Å². The molecule has 25 heavy (non-hydrogen) atoms. The highest BCUT2D eigenvalue weighted by atomic mass is 79.9. The number of aliphatic imine (C=N–C) groups is 1. The molecular formula is C16H25BrN6O2. The van der Waals surface area contributed by atoms with Crippen LogP contribution in [-0.4, -0.2) is 78.1 Å². The summed E-state index contributed by atoms with van der Waals surface area (Å²) in [7, 11) is 3.80. The van der Waals surface area contributed by atoms with Crippen LogP contribution in [0, 0.1) is 0 Å². The molecule has 1 aromatic heterocycles. The van der Waals surface area contributed by atoms with Gasteiger partial charge in [-0.25, -0.2) is 14.8 Å².